The summed E-state index contributed by atoms with van der Waals surface area (Å²) in [6.07, 6.45) is 1.10. The molecular formula is C26H29NO2. The summed E-state index contributed by atoms with van der Waals surface area (Å²) in [5.41, 5.74) is 3.48. The van der Waals surface area contributed by atoms with Crippen molar-refractivity contribution in [1.82, 2.24) is 4.90 Å². The second kappa shape index (κ2) is 10.5. The van der Waals surface area contributed by atoms with Gasteiger partial charge in [0.25, 0.3) is 5.91 Å². The molecular weight excluding hydrogens is 358 g/mol. The van der Waals surface area contributed by atoms with Crippen molar-refractivity contribution in [2.45, 2.75) is 45.9 Å². The van der Waals surface area contributed by atoms with Gasteiger partial charge < -0.3 is 9.64 Å². The standard InChI is InChI=1S/C26H29NO2/c1-3-21-15-17-24(18-16-21)29-25(4-2)26(28)27(19-22-11-7-5-8-12-22)20-23-13-9-6-10-14-23/h5-18,25H,3-4,19-20H2,1-2H3/t25-/m0/s1. The number of amides is 1. The highest BCUT2D eigenvalue weighted by molar-refractivity contribution is 5.81. The first-order chi connectivity index (χ1) is 14.2. The summed E-state index contributed by atoms with van der Waals surface area (Å²) in [7, 11) is 0. The zero-order valence-corrected chi connectivity index (χ0v) is 17.3. The van der Waals surface area contributed by atoms with Crippen molar-refractivity contribution < 1.29 is 9.53 Å². The molecule has 3 aromatic rings. The maximum absolute atomic E-state index is 13.4. The van der Waals surface area contributed by atoms with Crippen LogP contribution in [0.5, 0.6) is 5.75 Å². The van der Waals surface area contributed by atoms with E-state index in [9.17, 15) is 4.79 Å². The molecule has 0 aliphatic carbocycles. The summed E-state index contributed by atoms with van der Waals surface area (Å²) in [6.45, 7) is 5.23. The molecule has 3 rings (SSSR count). The topological polar surface area (TPSA) is 29.5 Å². The number of carbonyl (C=O) groups excluding carboxylic acids is 1. The molecule has 1 amide bonds. The maximum Gasteiger partial charge on any atom is 0.264 e. The molecule has 150 valence electrons. The summed E-state index contributed by atoms with van der Waals surface area (Å²) in [5, 5.41) is 0. The Morgan fingerprint density at radius 2 is 1.28 bits per heavy atom. The lowest BCUT2D eigenvalue weighted by molar-refractivity contribution is -0.140. The van der Waals surface area contributed by atoms with E-state index in [-0.39, 0.29) is 5.91 Å². The average Bonchev–Trinajstić information content (AvgIpc) is 2.78. The van der Waals surface area contributed by atoms with Gasteiger partial charge in [-0.05, 0) is 41.7 Å². The number of aryl methyl sites for hydroxylation is 1. The highest BCUT2D eigenvalue weighted by atomic mass is 16.5. The van der Waals surface area contributed by atoms with Crippen molar-refractivity contribution in [2.24, 2.45) is 0 Å². The Balaban J connectivity index is 1.78. The van der Waals surface area contributed by atoms with E-state index in [1.807, 2.05) is 60.4 Å². The summed E-state index contributed by atoms with van der Waals surface area (Å²) >= 11 is 0. The molecule has 0 aliphatic heterocycles. The van der Waals surface area contributed by atoms with Crippen LogP contribution in [0, 0.1) is 0 Å². The van der Waals surface area contributed by atoms with Gasteiger partial charge in [-0.25, -0.2) is 0 Å². The van der Waals surface area contributed by atoms with Gasteiger partial charge in [-0.2, -0.15) is 0 Å². The quantitative estimate of drug-likeness (QED) is 0.476. The predicted octanol–water partition coefficient (Wildman–Crippen LogP) is 5.64. The molecule has 0 unspecified atom stereocenters. The van der Waals surface area contributed by atoms with Crippen LogP contribution >= 0.6 is 0 Å². The third-order valence-electron chi connectivity index (χ3n) is 5.00. The lowest BCUT2D eigenvalue weighted by atomic mass is 10.1. The summed E-state index contributed by atoms with van der Waals surface area (Å²) in [6, 6.07) is 28.2. The zero-order chi connectivity index (χ0) is 20.5. The van der Waals surface area contributed by atoms with Gasteiger partial charge in [0.15, 0.2) is 6.10 Å². The normalized spacial score (nSPS) is 11.7. The van der Waals surface area contributed by atoms with E-state index in [1.165, 1.54) is 5.56 Å². The van der Waals surface area contributed by atoms with Crippen LogP contribution in [-0.4, -0.2) is 16.9 Å². The number of nitrogens with zero attached hydrogens (tertiary/aromatic N) is 1. The van der Waals surface area contributed by atoms with Crippen LogP contribution in [0.25, 0.3) is 0 Å². The van der Waals surface area contributed by atoms with Gasteiger partial charge in [-0.1, -0.05) is 86.6 Å². The minimum atomic E-state index is -0.505. The monoisotopic (exact) mass is 387 g/mol. The highest BCUT2D eigenvalue weighted by Crippen LogP contribution is 2.19. The molecule has 0 saturated heterocycles. The number of hydrogen-bond donors (Lipinski definition) is 0. The first kappa shape index (κ1) is 20.7. The Labute approximate surface area is 174 Å². The van der Waals surface area contributed by atoms with Gasteiger partial charge in [0, 0.05) is 13.1 Å². The molecule has 0 N–H and O–H groups in total. The Morgan fingerprint density at radius 3 is 1.72 bits per heavy atom. The Kier molecular flexibility index (Phi) is 7.46. The molecule has 0 bridgehead atoms. The predicted molar refractivity (Wildman–Crippen MR) is 118 cm³/mol. The van der Waals surface area contributed by atoms with Crippen molar-refractivity contribution in [1.29, 1.82) is 0 Å². The first-order valence-corrected chi connectivity index (χ1v) is 10.3. The van der Waals surface area contributed by atoms with E-state index >= 15 is 0 Å². The number of benzene rings is 3. The van der Waals surface area contributed by atoms with Crippen molar-refractivity contribution >= 4 is 5.91 Å². The third kappa shape index (κ3) is 5.95. The molecule has 0 fully saturated rings. The first-order valence-electron chi connectivity index (χ1n) is 10.3. The van der Waals surface area contributed by atoms with E-state index in [2.05, 4.69) is 43.3 Å². The van der Waals surface area contributed by atoms with Crippen LogP contribution in [0.2, 0.25) is 0 Å². The van der Waals surface area contributed by atoms with Gasteiger partial charge in [0.2, 0.25) is 0 Å². The van der Waals surface area contributed by atoms with Crippen LogP contribution < -0.4 is 4.74 Å². The van der Waals surface area contributed by atoms with E-state index < -0.39 is 6.10 Å². The molecule has 1 atom stereocenters. The number of ether oxygens (including phenoxy) is 1. The van der Waals surface area contributed by atoms with E-state index in [0.717, 1.165) is 23.3 Å². The smallest absolute Gasteiger partial charge is 0.264 e. The van der Waals surface area contributed by atoms with Gasteiger partial charge in [0.1, 0.15) is 5.75 Å². The fraction of sp³-hybridized carbons (Fsp3) is 0.269. The minimum Gasteiger partial charge on any atom is -0.481 e. The van der Waals surface area contributed by atoms with Crippen LogP contribution in [0.3, 0.4) is 0 Å². The Hall–Kier alpha value is -3.07. The van der Waals surface area contributed by atoms with E-state index in [0.29, 0.717) is 19.5 Å². The average molecular weight is 388 g/mol. The fourth-order valence-corrected chi connectivity index (χ4v) is 3.30. The van der Waals surface area contributed by atoms with E-state index in [1.54, 1.807) is 0 Å². The molecule has 29 heavy (non-hydrogen) atoms. The van der Waals surface area contributed by atoms with Gasteiger partial charge in [-0.3, -0.25) is 4.79 Å². The molecule has 3 aromatic carbocycles. The molecule has 3 heteroatoms. The van der Waals surface area contributed by atoms with Gasteiger partial charge in [-0.15, -0.1) is 0 Å². The van der Waals surface area contributed by atoms with Crippen molar-refractivity contribution in [2.75, 3.05) is 0 Å². The van der Waals surface area contributed by atoms with Gasteiger partial charge in [0.05, 0.1) is 0 Å². The third-order valence-corrected chi connectivity index (χ3v) is 5.00. The van der Waals surface area contributed by atoms with Crippen molar-refractivity contribution in [3.63, 3.8) is 0 Å². The second-order valence-corrected chi connectivity index (χ2v) is 7.18. The van der Waals surface area contributed by atoms with Gasteiger partial charge >= 0.3 is 0 Å². The number of carbonyl (C=O) groups is 1. The highest BCUT2D eigenvalue weighted by Gasteiger charge is 2.25. The Morgan fingerprint density at radius 1 is 0.759 bits per heavy atom. The van der Waals surface area contributed by atoms with E-state index in [4.69, 9.17) is 4.74 Å². The van der Waals surface area contributed by atoms with Crippen molar-refractivity contribution in [3.8, 4) is 5.75 Å². The summed E-state index contributed by atoms with van der Waals surface area (Å²) < 4.78 is 6.09. The minimum absolute atomic E-state index is 0.0137. The summed E-state index contributed by atoms with van der Waals surface area (Å²) in [4.78, 5) is 15.3. The molecule has 0 saturated carbocycles. The fourth-order valence-electron chi connectivity index (χ4n) is 3.30. The molecule has 3 nitrogen and oxygen atoms in total. The summed E-state index contributed by atoms with van der Waals surface area (Å²) in [5.74, 6) is 0.751. The lowest BCUT2D eigenvalue weighted by Gasteiger charge is -2.28. The van der Waals surface area contributed by atoms with Crippen molar-refractivity contribution in [3.05, 3.63) is 102 Å². The molecule has 0 radical (unpaired) electrons. The van der Waals surface area contributed by atoms with Crippen LogP contribution in [0.15, 0.2) is 84.9 Å². The molecule has 0 heterocycles. The van der Waals surface area contributed by atoms with Crippen LogP contribution in [0.1, 0.15) is 37.0 Å². The second-order valence-electron chi connectivity index (χ2n) is 7.18. The molecule has 0 aromatic heterocycles. The number of rotatable bonds is 9. The lowest BCUT2D eigenvalue weighted by Crippen LogP contribution is -2.41. The molecule has 0 spiro atoms. The van der Waals surface area contributed by atoms with Crippen LogP contribution in [-0.2, 0) is 24.3 Å². The largest absolute Gasteiger partial charge is 0.481 e. The van der Waals surface area contributed by atoms with Crippen LogP contribution in [0.4, 0.5) is 0 Å². The Bertz CT molecular complexity index is 834. The molecule has 0 aliphatic rings. The zero-order valence-electron chi connectivity index (χ0n) is 17.3. The number of hydrogen-bond acceptors (Lipinski definition) is 2. The SMILES string of the molecule is CCc1ccc(O[C@@H](CC)C(=O)N(Cc2ccccc2)Cc2ccccc2)cc1. The maximum atomic E-state index is 13.4.